The second-order valence-electron chi connectivity index (χ2n) is 8.56. The summed E-state index contributed by atoms with van der Waals surface area (Å²) in [5.41, 5.74) is 4.46. The summed E-state index contributed by atoms with van der Waals surface area (Å²) in [6, 6.07) is 15.2. The van der Waals surface area contributed by atoms with E-state index in [1.54, 1.807) is 6.92 Å². The van der Waals surface area contributed by atoms with Gasteiger partial charge in [0.15, 0.2) is 6.10 Å². The van der Waals surface area contributed by atoms with Gasteiger partial charge in [0.2, 0.25) is 5.91 Å². The van der Waals surface area contributed by atoms with E-state index in [4.69, 9.17) is 14.6 Å². The van der Waals surface area contributed by atoms with Gasteiger partial charge in [-0.25, -0.2) is 9.59 Å². The van der Waals surface area contributed by atoms with Gasteiger partial charge >= 0.3 is 12.1 Å². The van der Waals surface area contributed by atoms with Crippen LogP contribution in [0.4, 0.5) is 4.79 Å². The smallest absolute Gasteiger partial charge is 0.407 e. The van der Waals surface area contributed by atoms with Gasteiger partial charge in [0.1, 0.15) is 12.6 Å². The fraction of sp³-hybridized carbons (Fsp3) is 0.370. The van der Waals surface area contributed by atoms with E-state index in [0.29, 0.717) is 12.8 Å². The summed E-state index contributed by atoms with van der Waals surface area (Å²) in [5, 5.41) is 14.4. The van der Waals surface area contributed by atoms with Gasteiger partial charge in [-0.3, -0.25) is 4.79 Å². The highest BCUT2D eigenvalue weighted by Crippen LogP contribution is 2.44. The minimum Gasteiger partial charge on any atom is -0.479 e. The Morgan fingerprint density at radius 2 is 1.74 bits per heavy atom. The van der Waals surface area contributed by atoms with E-state index in [1.807, 2.05) is 36.4 Å². The van der Waals surface area contributed by atoms with E-state index in [0.717, 1.165) is 22.3 Å². The zero-order valence-electron chi connectivity index (χ0n) is 19.5. The van der Waals surface area contributed by atoms with Crippen LogP contribution >= 0.6 is 0 Å². The van der Waals surface area contributed by atoms with Crippen molar-refractivity contribution in [2.75, 3.05) is 13.2 Å². The monoisotopic (exact) mass is 476 g/mol. The van der Waals surface area contributed by atoms with Crippen molar-refractivity contribution in [1.29, 1.82) is 0 Å². The van der Waals surface area contributed by atoms with Crippen molar-refractivity contribution in [3.05, 3.63) is 59.7 Å². The summed E-state index contributed by atoms with van der Waals surface area (Å²) in [6.07, 6.45) is -0.872. The van der Waals surface area contributed by atoms with Crippen LogP contribution in [0, 0.1) is 11.8 Å². The van der Waals surface area contributed by atoms with Crippen molar-refractivity contribution in [2.24, 2.45) is 0 Å². The predicted octanol–water partition coefficient (Wildman–Crippen LogP) is 3.06. The summed E-state index contributed by atoms with van der Waals surface area (Å²) in [6.45, 7) is 1.95. The predicted molar refractivity (Wildman–Crippen MR) is 129 cm³/mol. The van der Waals surface area contributed by atoms with Crippen molar-refractivity contribution in [1.82, 2.24) is 10.6 Å². The van der Waals surface area contributed by atoms with Crippen LogP contribution < -0.4 is 10.6 Å². The number of rotatable bonds is 8. The molecule has 8 heteroatoms. The van der Waals surface area contributed by atoms with Crippen molar-refractivity contribution in [3.8, 4) is 23.0 Å². The molecule has 2 aliphatic rings. The first kappa shape index (κ1) is 24.3. The molecule has 8 nitrogen and oxygen atoms in total. The third-order valence-electron chi connectivity index (χ3n) is 6.32. The fourth-order valence-electron chi connectivity index (χ4n) is 4.57. The van der Waals surface area contributed by atoms with Gasteiger partial charge in [0.25, 0.3) is 0 Å². The van der Waals surface area contributed by atoms with Crippen molar-refractivity contribution in [3.63, 3.8) is 0 Å². The molecular formula is C27H28N2O6. The lowest BCUT2D eigenvalue weighted by atomic mass is 9.98. The van der Waals surface area contributed by atoms with Gasteiger partial charge in [0.05, 0.1) is 6.10 Å². The third kappa shape index (κ3) is 5.64. The van der Waals surface area contributed by atoms with Crippen LogP contribution in [-0.4, -0.2) is 54.5 Å². The second-order valence-corrected chi connectivity index (χ2v) is 8.56. The molecule has 3 atom stereocenters. The van der Waals surface area contributed by atoms with Gasteiger partial charge in [-0.1, -0.05) is 48.5 Å². The van der Waals surface area contributed by atoms with Crippen molar-refractivity contribution < 1.29 is 29.0 Å². The van der Waals surface area contributed by atoms with Crippen LogP contribution in [0.15, 0.2) is 48.5 Å². The van der Waals surface area contributed by atoms with E-state index in [-0.39, 0.29) is 31.6 Å². The number of benzene rings is 2. The maximum atomic E-state index is 12.7. The van der Waals surface area contributed by atoms with E-state index >= 15 is 0 Å². The molecule has 1 aliphatic heterocycles. The molecule has 182 valence electrons. The number of carboxylic acid groups (broad SMARTS) is 1. The van der Waals surface area contributed by atoms with Crippen LogP contribution in [0.5, 0.6) is 0 Å². The number of amides is 2. The molecule has 1 saturated heterocycles. The van der Waals surface area contributed by atoms with E-state index in [9.17, 15) is 14.4 Å². The molecular weight excluding hydrogens is 448 g/mol. The van der Waals surface area contributed by atoms with Crippen LogP contribution in [-0.2, 0) is 19.1 Å². The Bertz CT molecular complexity index is 1120. The highest BCUT2D eigenvalue weighted by Gasteiger charge is 2.32. The molecule has 3 N–H and O–H groups in total. The summed E-state index contributed by atoms with van der Waals surface area (Å²) in [5.74, 6) is 4.03. The number of carbonyl (C=O) groups is 3. The highest BCUT2D eigenvalue weighted by molar-refractivity contribution is 5.86. The third-order valence-corrected chi connectivity index (χ3v) is 6.32. The van der Waals surface area contributed by atoms with E-state index in [1.165, 1.54) is 0 Å². The van der Waals surface area contributed by atoms with E-state index < -0.39 is 30.1 Å². The fourth-order valence-corrected chi connectivity index (χ4v) is 4.57. The molecule has 1 fully saturated rings. The average Bonchev–Trinajstić information content (AvgIpc) is 3.47. The van der Waals surface area contributed by atoms with Crippen molar-refractivity contribution >= 4 is 18.0 Å². The van der Waals surface area contributed by atoms with Gasteiger partial charge in [-0.2, -0.15) is 0 Å². The van der Waals surface area contributed by atoms with Gasteiger partial charge < -0.3 is 25.2 Å². The molecule has 2 aromatic rings. The Balaban J connectivity index is 1.34. The number of aliphatic carboxylic acids is 1. The minimum absolute atomic E-state index is 0.0856. The lowest BCUT2D eigenvalue weighted by Crippen LogP contribution is -2.48. The van der Waals surface area contributed by atoms with Gasteiger partial charge in [-0.05, 0) is 42.0 Å². The Labute approximate surface area is 204 Å². The number of hydrogen-bond acceptors (Lipinski definition) is 5. The Hall–Kier alpha value is -3.83. The maximum absolute atomic E-state index is 12.7. The SMILES string of the molecule is CC#CCC(NC(=O)OCC1c2ccccc2-c2ccccc21)C(=O)NCC1CCC(C(=O)O)O1. The number of carbonyl (C=O) groups excluding carboxylic acids is 2. The zero-order valence-corrected chi connectivity index (χ0v) is 19.5. The number of fused-ring (bicyclic) bond motifs is 3. The summed E-state index contributed by atoms with van der Waals surface area (Å²) in [7, 11) is 0. The lowest BCUT2D eigenvalue weighted by molar-refractivity contribution is -0.149. The second kappa shape index (κ2) is 11.1. The van der Waals surface area contributed by atoms with Crippen LogP contribution in [0.25, 0.3) is 11.1 Å². The van der Waals surface area contributed by atoms with E-state index in [2.05, 4.69) is 34.6 Å². The van der Waals surface area contributed by atoms with Crippen LogP contribution in [0.2, 0.25) is 0 Å². The minimum atomic E-state index is -1.01. The summed E-state index contributed by atoms with van der Waals surface area (Å²) < 4.78 is 11.0. The van der Waals surface area contributed by atoms with Crippen molar-refractivity contribution in [2.45, 2.75) is 50.4 Å². The highest BCUT2D eigenvalue weighted by atomic mass is 16.5. The average molecular weight is 477 g/mol. The molecule has 0 spiro atoms. The van der Waals surface area contributed by atoms with Gasteiger partial charge in [-0.15, -0.1) is 11.8 Å². The molecule has 0 aromatic heterocycles. The quantitative estimate of drug-likeness (QED) is 0.505. The number of alkyl carbamates (subject to hydrolysis) is 1. The molecule has 35 heavy (non-hydrogen) atoms. The molecule has 2 amide bonds. The molecule has 1 heterocycles. The molecule has 4 rings (SSSR count). The first-order valence-electron chi connectivity index (χ1n) is 11.6. The standard InChI is InChI=1S/C27H28N2O6/c1-2-3-12-23(25(30)28-15-17-13-14-24(35-17)26(31)32)29-27(33)34-16-22-20-10-6-4-8-18(20)19-9-5-7-11-21(19)22/h4-11,17,22-24H,12-16H2,1H3,(H,28,30)(H,29,33)(H,31,32). The molecule has 0 radical (unpaired) electrons. The number of nitrogens with one attached hydrogen (secondary N) is 2. The van der Waals surface area contributed by atoms with Crippen LogP contribution in [0.1, 0.15) is 43.2 Å². The summed E-state index contributed by atoms with van der Waals surface area (Å²) in [4.78, 5) is 36.4. The zero-order chi connectivity index (χ0) is 24.8. The van der Waals surface area contributed by atoms with Gasteiger partial charge in [0, 0.05) is 18.9 Å². The molecule has 2 aromatic carbocycles. The number of hydrogen-bond donors (Lipinski definition) is 3. The Morgan fingerprint density at radius 1 is 1.09 bits per heavy atom. The first-order chi connectivity index (χ1) is 17.0. The maximum Gasteiger partial charge on any atom is 0.407 e. The van der Waals surface area contributed by atoms with Crippen LogP contribution in [0.3, 0.4) is 0 Å². The Morgan fingerprint density at radius 3 is 2.34 bits per heavy atom. The number of ether oxygens (including phenoxy) is 2. The number of carboxylic acids is 1. The molecule has 1 aliphatic carbocycles. The first-order valence-corrected chi connectivity index (χ1v) is 11.6. The summed E-state index contributed by atoms with van der Waals surface area (Å²) >= 11 is 0. The topological polar surface area (TPSA) is 114 Å². The largest absolute Gasteiger partial charge is 0.479 e. The molecule has 0 saturated carbocycles. The lowest BCUT2D eigenvalue weighted by Gasteiger charge is -2.19. The molecule has 3 unspecified atom stereocenters. The molecule has 0 bridgehead atoms. The Kier molecular flexibility index (Phi) is 7.68. The normalized spacial score (nSPS) is 19.0.